The summed E-state index contributed by atoms with van der Waals surface area (Å²) in [4.78, 5) is 15.9. The Morgan fingerprint density at radius 1 is 1.32 bits per heavy atom. The lowest BCUT2D eigenvalue weighted by Crippen LogP contribution is -2.13. The van der Waals surface area contributed by atoms with Crippen molar-refractivity contribution >= 4 is 23.2 Å². The van der Waals surface area contributed by atoms with Gasteiger partial charge in [0.15, 0.2) is 0 Å². The van der Waals surface area contributed by atoms with Crippen molar-refractivity contribution in [1.82, 2.24) is 4.98 Å². The van der Waals surface area contributed by atoms with Crippen LogP contribution in [0.2, 0.25) is 5.02 Å². The number of hydrogen-bond donors (Lipinski definition) is 2. The SMILES string of the molecule is CC(N)c1ccc(C(=O)Nc2ccncc2)cc1Cl. The molecule has 19 heavy (non-hydrogen) atoms. The van der Waals surface area contributed by atoms with Gasteiger partial charge in [0.05, 0.1) is 0 Å². The minimum absolute atomic E-state index is 0.162. The number of anilines is 1. The molecule has 1 atom stereocenters. The van der Waals surface area contributed by atoms with E-state index in [1.165, 1.54) is 0 Å². The number of rotatable bonds is 3. The number of nitrogens with zero attached hydrogens (tertiary/aromatic N) is 1. The molecular weight excluding hydrogens is 262 g/mol. The van der Waals surface area contributed by atoms with Gasteiger partial charge in [0.1, 0.15) is 0 Å². The fourth-order valence-corrected chi connectivity index (χ4v) is 2.03. The van der Waals surface area contributed by atoms with Crippen molar-refractivity contribution < 1.29 is 4.79 Å². The quantitative estimate of drug-likeness (QED) is 0.905. The summed E-state index contributed by atoms with van der Waals surface area (Å²) < 4.78 is 0. The van der Waals surface area contributed by atoms with Gasteiger partial charge in [0.25, 0.3) is 5.91 Å². The highest BCUT2D eigenvalue weighted by molar-refractivity contribution is 6.31. The minimum atomic E-state index is -0.218. The number of amides is 1. The van der Waals surface area contributed by atoms with Gasteiger partial charge in [0.2, 0.25) is 0 Å². The Bertz CT molecular complexity index is 584. The fraction of sp³-hybridized carbons (Fsp3) is 0.143. The number of nitrogens with one attached hydrogen (secondary N) is 1. The molecule has 0 aliphatic rings. The topological polar surface area (TPSA) is 68.0 Å². The molecule has 1 aromatic heterocycles. The second-order valence-corrected chi connectivity index (χ2v) is 4.62. The van der Waals surface area contributed by atoms with E-state index < -0.39 is 0 Å². The molecule has 2 aromatic rings. The zero-order valence-corrected chi connectivity index (χ0v) is 11.2. The van der Waals surface area contributed by atoms with E-state index >= 15 is 0 Å². The summed E-state index contributed by atoms with van der Waals surface area (Å²) in [7, 11) is 0. The number of pyridine rings is 1. The number of halogens is 1. The maximum atomic E-state index is 12.0. The van der Waals surface area contributed by atoms with Crippen LogP contribution in [0.5, 0.6) is 0 Å². The molecule has 4 nitrogen and oxygen atoms in total. The van der Waals surface area contributed by atoms with Crippen molar-refractivity contribution in [2.45, 2.75) is 13.0 Å². The van der Waals surface area contributed by atoms with Gasteiger partial charge < -0.3 is 11.1 Å². The Morgan fingerprint density at radius 3 is 2.58 bits per heavy atom. The number of benzene rings is 1. The van der Waals surface area contributed by atoms with Crippen LogP contribution in [0, 0.1) is 0 Å². The molecular formula is C14H14ClN3O. The van der Waals surface area contributed by atoms with Crippen LogP contribution < -0.4 is 11.1 Å². The van der Waals surface area contributed by atoms with E-state index in [2.05, 4.69) is 10.3 Å². The number of carbonyl (C=O) groups excluding carboxylic acids is 1. The molecule has 1 unspecified atom stereocenters. The van der Waals surface area contributed by atoms with Gasteiger partial charge in [0, 0.05) is 34.7 Å². The van der Waals surface area contributed by atoms with Gasteiger partial charge in [-0.3, -0.25) is 9.78 Å². The van der Waals surface area contributed by atoms with E-state index in [4.69, 9.17) is 17.3 Å². The molecule has 0 aliphatic carbocycles. The molecule has 0 bridgehead atoms. The molecule has 98 valence electrons. The molecule has 1 aromatic carbocycles. The summed E-state index contributed by atoms with van der Waals surface area (Å²) in [6.45, 7) is 1.85. The largest absolute Gasteiger partial charge is 0.324 e. The van der Waals surface area contributed by atoms with E-state index in [0.29, 0.717) is 16.3 Å². The van der Waals surface area contributed by atoms with E-state index in [1.807, 2.05) is 6.92 Å². The van der Waals surface area contributed by atoms with Crippen LogP contribution in [0.4, 0.5) is 5.69 Å². The lowest BCUT2D eigenvalue weighted by molar-refractivity contribution is 0.102. The Labute approximate surface area is 116 Å². The van der Waals surface area contributed by atoms with Gasteiger partial charge in [-0.1, -0.05) is 17.7 Å². The first-order chi connectivity index (χ1) is 9.08. The van der Waals surface area contributed by atoms with Crippen LogP contribution in [0.25, 0.3) is 0 Å². The summed E-state index contributed by atoms with van der Waals surface area (Å²) in [5.74, 6) is -0.218. The van der Waals surface area contributed by atoms with Gasteiger partial charge >= 0.3 is 0 Å². The molecule has 0 spiro atoms. The van der Waals surface area contributed by atoms with E-state index in [-0.39, 0.29) is 11.9 Å². The average Bonchev–Trinajstić information content (AvgIpc) is 2.39. The lowest BCUT2D eigenvalue weighted by atomic mass is 10.1. The normalized spacial score (nSPS) is 11.9. The zero-order chi connectivity index (χ0) is 13.8. The summed E-state index contributed by atoms with van der Waals surface area (Å²) in [6, 6.07) is 8.38. The second kappa shape index (κ2) is 5.82. The van der Waals surface area contributed by atoms with Crippen molar-refractivity contribution in [3.63, 3.8) is 0 Å². The first kappa shape index (κ1) is 13.5. The summed E-state index contributed by atoms with van der Waals surface area (Å²) in [6.07, 6.45) is 3.23. The molecule has 1 heterocycles. The van der Waals surface area contributed by atoms with Crippen LogP contribution >= 0.6 is 11.6 Å². The van der Waals surface area contributed by atoms with Crippen LogP contribution in [0.15, 0.2) is 42.7 Å². The monoisotopic (exact) mass is 275 g/mol. The lowest BCUT2D eigenvalue weighted by Gasteiger charge is -2.10. The molecule has 0 fully saturated rings. The third-order valence-electron chi connectivity index (χ3n) is 2.69. The van der Waals surface area contributed by atoms with Gasteiger partial charge in [-0.25, -0.2) is 0 Å². The molecule has 0 saturated carbocycles. The van der Waals surface area contributed by atoms with Crippen LogP contribution in [-0.4, -0.2) is 10.9 Å². The average molecular weight is 276 g/mol. The highest BCUT2D eigenvalue weighted by Crippen LogP contribution is 2.23. The third-order valence-corrected chi connectivity index (χ3v) is 3.02. The van der Waals surface area contributed by atoms with Crippen molar-refractivity contribution in [3.05, 3.63) is 58.9 Å². The maximum absolute atomic E-state index is 12.0. The van der Waals surface area contributed by atoms with Crippen LogP contribution in [0.1, 0.15) is 28.9 Å². The number of hydrogen-bond acceptors (Lipinski definition) is 3. The van der Waals surface area contributed by atoms with E-state index in [1.54, 1.807) is 42.7 Å². The number of aromatic nitrogens is 1. The summed E-state index contributed by atoms with van der Waals surface area (Å²) in [5, 5.41) is 3.26. The van der Waals surface area contributed by atoms with Crippen LogP contribution in [-0.2, 0) is 0 Å². The molecule has 2 rings (SSSR count). The molecule has 3 N–H and O–H groups in total. The van der Waals surface area contributed by atoms with Gasteiger partial charge in [-0.15, -0.1) is 0 Å². The highest BCUT2D eigenvalue weighted by Gasteiger charge is 2.10. The first-order valence-corrected chi connectivity index (χ1v) is 6.22. The molecule has 0 saturated heterocycles. The summed E-state index contributed by atoms with van der Waals surface area (Å²) >= 11 is 6.10. The van der Waals surface area contributed by atoms with E-state index in [9.17, 15) is 4.79 Å². The maximum Gasteiger partial charge on any atom is 0.255 e. The molecule has 5 heteroatoms. The third kappa shape index (κ3) is 3.30. The van der Waals surface area contributed by atoms with Gasteiger partial charge in [-0.2, -0.15) is 0 Å². The minimum Gasteiger partial charge on any atom is -0.324 e. The van der Waals surface area contributed by atoms with Crippen molar-refractivity contribution in [2.75, 3.05) is 5.32 Å². The predicted molar refractivity (Wildman–Crippen MR) is 76.2 cm³/mol. The Balaban J connectivity index is 2.18. The first-order valence-electron chi connectivity index (χ1n) is 5.84. The Morgan fingerprint density at radius 2 is 2.00 bits per heavy atom. The fourth-order valence-electron chi connectivity index (χ4n) is 1.68. The molecule has 0 aliphatic heterocycles. The highest BCUT2D eigenvalue weighted by atomic mass is 35.5. The number of carbonyl (C=O) groups is 1. The number of nitrogens with two attached hydrogens (primary N) is 1. The zero-order valence-electron chi connectivity index (χ0n) is 10.4. The van der Waals surface area contributed by atoms with Crippen molar-refractivity contribution in [3.8, 4) is 0 Å². The second-order valence-electron chi connectivity index (χ2n) is 4.21. The van der Waals surface area contributed by atoms with Gasteiger partial charge in [-0.05, 0) is 36.8 Å². The van der Waals surface area contributed by atoms with Crippen molar-refractivity contribution in [2.24, 2.45) is 5.73 Å². The molecule has 1 amide bonds. The van der Waals surface area contributed by atoms with Crippen molar-refractivity contribution in [1.29, 1.82) is 0 Å². The molecule has 0 radical (unpaired) electrons. The van der Waals surface area contributed by atoms with E-state index in [0.717, 1.165) is 5.56 Å². The Kier molecular flexibility index (Phi) is 4.14. The predicted octanol–water partition coefficient (Wildman–Crippen LogP) is 3.01. The Hall–Kier alpha value is -1.91. The summed E-state index contributed by atoms with van der Waals surface area (Å²) in [5.41, 5.74) is 7.77. The van der Waals surface area contributed by atoms with Crippen LogP contribution in [0.3, 0.4) is 0 Å². The standard InChI is InChI=1S/C14H14ClN3O/c1-9(16)12-3-2-10(8-13(12)15)14(19)18-11-4-6-17-7-5-11/h2-9H,16H2,1H3,(H,17,18,19). The smallest absolute Gasteiger partial charge is 0.255 e.